The van der Waals surface area contributed by atoms with Crippen molar-refractivity contribution in [2.75, 3.05) is 20.1 Å². The van der Waals surface area contributed by atoms with E-state index in [0.29, 0.717) is 19.5 Å². The third kappa shape index (κ3) is 4.29. The first-order valence-electron chi connectivity index (χ1n) is 6.92. The molecule has 0 bridgehead atoms. The molecule has 5 heteroatoms. The number of hydrogen-bond donors (Lipinski definition) is 2. The Bertz CT molecular complexity index is 281. The van der Waals surface area contributed by atoms with Crippen LogP contribution in [0.15, 0.2) is 0 Å². The number of amides is 2. The Morgan fingerprint density at radius 1 is 1.28 bits per heavy atom. The van der Waals surface area contributed by atoms with Crippen LogP contribution in [0.1, 0.15) is 44.9 Å². The minimum Gasteiger partial charge on any atom is -0.357 e. The van der Waals surface area contributed by atoms with Crippen molar-refractivity contribution in [1.29, 1.82) is 0 Å². The number of piperidine rings is 1. The molecule has 5 nitrogen and oxygen atoms in total. The fourth-order valence-corrected chi connectivity index (χ4v) is 2.41. The minimum atomic E-state index is -0.259. The molecule has 3 N–H and O–H groups in total. The second-order valence-corrected chi connectivity index (χ2v) is 4.81. The summed E-state index contributed by atoms with van der Waals surface area (Å²) in [7, 11) is 1.63. The second kappa shape index (κ2) is 8.08. The lowest BCUT2D eigenvalue weighted by atomic mass is 10.0. The summed E-state index contributed by atoms with van der Waals surface area (Å²) >= 11 is 0. The fourth-order valence-electron chi connectivity index (χ4n) is 2.41. The van der Waals surface area contributed by atoms with Crippen LogP contribution >= 0.6 is 0 Å². The second-order valence-electron chi connectivity index (χ2n) is 4.81. The number of nitrogens with two attached hydrogens (primary N) is 1. The minimum absolute atomic E-state index is 0.0370. The number of likely N-dealkylation sites (tertiary alicyclic amines) is 1. The van der Waals surface area contributed by atoms with Crippen LogP contribution in [0, 0.1) is 0 Å². The van der Waals surface area contributed by atoms with Crippen molar-refractivity contribution >= 4 is 11.8 Å². The van der Waals surface area contributed by atoms with Gasteiger partial charge >= 0.3 is 0 Å². The van der Waals surface area contributed by atoms with E-state index in [4.69, 9.17) is 5.73 Å². The highest BCUT2D eigenvalue weighted by atomic mass is 16.2. The van der Waals surface area contributed by atoms with E-state index in [1.54, 1.807) is 11.9 Å². The third-order valence-corrected chi connectivity index (χ3v) is 3.47. The average Bonchev–Trinajstić information content (AvgIpc) is 2.42. The molecule has 1 aliphatic heterocycles. The predicted molar refractivity (Wildman–Crippen MR) is 70.9 cm³/mol. The zero-order chi connectivity index (χ0) is 13.4. The molecule has 0 saturated carbocycles. The smallest absolute Gasteiger partial charge is 0.242 e. The summed E-state index contributed by atoms with van der Waals surface area (Å²) in [6.45, 7) is 1.40. The molecule has 0 aromatic heterocycles. The van der Waals surface area contributed by atoms with Crippen LogP contribution in [0.5, 0.6) is 0 Å². The molecule has 1 atom stereocenters. The van der Waals surface area contributed by atoms with E-state index in [9.17, 15) is 9.59 Å². The van der Waals surface area contributed by atoms with Crippen molar-refractivity contribution in [3.8, 4) is 0 Å². The van der Waals surface area contributed by atoms with Crippen molar-refractivity contribution in [2.24, 2.45) is 5.73 Å². The van der Waals surface area contributed by atoms with Crippen LogP contribution < -0.4 is 11.1 Å². The first-order valence-corrected chi connectivity index (χ1v) is 6.92. The van der Waals surface area contributed by atoms with Crippen molar-refractivity contribution in [3.63, 3.8) is 0 Å². The Balaban J connectivity index is 2.44. The average molecular weight is 255 g/mol. The van der Waals surface area contributed by atoms with Gasteiger partial charge in [-0.3, -0.25) is 9.59 Å². The van der Waals surface area contributed by atoms with Gasteiger partial charge in [0, 0.05) is 20.0 Å². The Morgan fingerprint density at radius 3 is 2.72 bits per heavy atom. The Morgan fingerprint density at radius 2 is 2.06 bits per heavy atom. The summed E-state index contributed by atoms with van der Waals surface area (Å²) < 4.78 is 0. The van der Waals surface area contributed by atoms with Gasteiger partial charge in [-0.25, -0.2) is 0 Å². The van der Waals surface area contributed by atoms with E-state index in [0.717, 1.165) is 38.5 Å². The van der Waals surface area contributed by atoms with Gasteiger partial charge in [0.2, 0.25) is 11.8 Å². The molecule has 1 rings (SSSR count). The Hall–Kier alpha value is -1.10. The lowest BCUT2D eigenvalue weighted by Crippen LogP contribution is -2.51. The van der Waals surface area contributed by atoms with Crippen LogP contribution in [0.4, 0.5) is 0 Å². The Kier molecular flexibility index (Phi) is 6.72. The van der Waals surface area contributed by atoms with Crippen LogP contribution in [-0.2, 0) is 9.59 Å². The van der Waals surface area contributed by atoms with E-state index in [-0.39, 0.29) is 17.9 Å². The number of hydrogen-bond acceptors (Lipinski definition) is 3. The zero-order valence-electron chi connectivity index (χ0n) is 11.3. The van der Waals surface area contributed by atoms with Crippen molar-refractivity contribution in [2.45, 2.75) is 51.0 Å². The number of nitrogens with zero attached hydrogens (tertiary/aromatic N) is 1. The zero-order valence-corrected chi connectivity index (χ0v) is 11.3. The molecule has 0 aliphatic carbocycles. The van der Waals surface area contributed by atoms with Gasteiger partial charge in [-0.15, -0.1) is 0 Å². The highest BCUT2D eigenvalue weighted by Crippen LogP contribution is 2.19. The molecule has 1 aliphatic rings. The predicted octanol–water partition coefficient (Wildman–Crippen LogP) is 0.633. The molecular formula is C13H25N3O2. The lowest BCUT2D eigenvalue weighted by molar-refractivity contribution is -0.142. The van der Waals surface area contributed by atoms with Crippen LogP contribution in [-0.4, -0.2) is 42.9 Å². The summed E-state index contributed by atoms with van der Waals surface area (Å²) in [5.74, 6) is 0.0744. The maximum atomic E-state index is 12.1. The first-order chi connectivity index (χ1) is 8.70. The molecule has 0 spiro atoms. The van der Waals surface area contributed by atoms with Gasteiger partial charge in [0.05, 0.1) is 0 Å². The molecule has 1 fully saturated rings. The maximum absolute atomic E-state index is 12.1. The van der Waals surface area contributed by atoms with Gasteiger partial charge in [-0.1, -0.05) is 6.42 Å². The molecule has 0 aromatic rings. The topological polar surface area (TPSA) is 75.4 Å². The van der Waals surface area contributed by atoms with Gasteiger partial charge in [0.15, 0.2) is 0 Å². The van der Waals surface area contributed by atoms with Crippen molar-refractivity contribution in [1.82, 2.24) is 10.2 Å². The summed E-state index contributed by atoms with van der Waals surface area (Å²) in [4.78, 5) is 25.6. The number of carbonyl (C=O) groups is 2. The van der Waals surface area contributed by atoms with E-state index >= 15 is 0 Å². The quantitative estimate of drug-likeness (QED) is 0.684. The SMILES string of the molecule is CNC(=O)C1CCCCN1C(=O)CCCCCN. The van der Waals surface area contributed by atoms with Gasteiger partial charge in [0.25, 0.3) is 0 Å². The molecule has 18 heavy (non-hydrogen) atoms. The van der Waals surface area contributed by atoms with Gasteiger partial charge in [0.1, 0.15) is 6.04 Å². The molecule has 0 aromatic carbocycles. The van der Waals surface area contributed by atoms with Crippen LogP contribution in [0.25, 0.3) is 0 Å². The number of unbranched alkanes of at least 4 members (excludes halogenated alkanes) is 2. The number of likely N-dealkylation sites (N-methyl/N-ethyl adjacent to an activating group) is 1. The van der Waals surface area contributed by atoms with Gasteiger partial charge < -0.3 is 16.0 Å². The normalized spacial score (nSPS) is 19.7. The van der Waals surface area contributed by atoms with Crippen LogP contribution in [0.2, 0.25) is 0 Å². The molecule has 1 unspecified atom stereocenters. The summed E-state index contributed by atoms with van der Waals surface area (Å²) in [6, 6.07) is -0.259. The fraction of sp³-hybridized carbons (Fsp3) is 0.846. The maximum Gasteiger partial charge on any atom is 0.242 e. The largest absolute Gasteiger partial charge is 0.357 e. The molecule has 104 valence electrons. The monoisotopic (exact) mass is 255 g/mol. The molecule has 2 amide bonds. The molecule has 0 radical (unpaired) electrons. The van der Waals surface area contributed by atoms with Crippen LogP contribution in [0.3, 0.4) is 0 Å². The lowest BCUT2D eigenvalue weighted by Gasteiger charge is -2.34. The van der Waals surface area contributed by atoms with Crippen molar-refractivity contribution in [3.05, 3.63) is 0 Å². The van der Waals surface area contributed by atoms with Gasteiger partial charge in [-0.05, 0) is 38.6 Å². The summed E-state index contributed by atoms with van der Waals surface area (Å²) in [5.41, 5.74) is 5.42. The third-order valence-electron chi connectivity index (χ3n) is 3.47. The standard InChI is InChI=1S/C13H25N3O2/c1-15-13(18)11-7-4-6-10-16(11)12(17)8-3-2-5-9-14/h11H,2-10,14H2,1H3,(H,15,18). The summed E-state index contributed by atoms with van der Waals surface area (Å²) in [6.07, 6.45) is 6.17. The van der Waals surface area contributed by atoms with E-state index in [1.165, 1.54) is 0 Å². The van der Waals surface area contributed by atoms with E-state index in [1.807, 2.05) is 0 Å². The van der Waals surface area contributed by atoms with Crippen molar-refractivity contribution < 1.29 is 9.59 Å². The number of nitrogens with one attached hydrogen (secondary N) is 1. The summed E-state index contributed by atoms with van der Waals surface area (Å²) in [5, 5.41) is 2.65. The Labute approximate surface area is 109 Å². The highest BCUT2D eigenvalue weighted by Gasteiger charge is 2.30. The van der Waals surface area contributed by atoms with Gasteiger partial charge in [-0.2, -0.15) is 0 Å². The van der Waals surface area contributed by atoms with E-state index < -0.39 is 0 Å². The molecule has 1 saturated heterocycles. The first kappa shape index (κ1) is 15.0. The van der Waals surface area contributed by atoms with E-state index in [2.05, 4.69) is 5.32 Å². The molecular weight excluding hydrogens is 230 g/mol. The highest BCUT2D eigenvalue weighted by molar-refractivity contribution is 5.87. The number of carbonyl (C=O) groups excluding carboxylic acids is 2. The number of rotatable bonds is 6. The molecule has 1 heterocycles.